The third-order valence-electron chi connectivity index (χ3n) is 3.11. The van der Waals surface area contributed by atoms with Crippen molar-refractivity contribution in [3.8, 4) is 0 Å². The molecule has 0 unspecified atom stereocenters. The molecule has 0 aromatic carbocycles. The minimum atomic E-state index is 0. The predicted octanol–water partition coefficient (Wildman–Crippen LogP) is 2.50. The fourth-order valence-corrected chi connectivity index (χ4v) is 2.62. The number of nitrogens with one attached hydrogen (secondary N) is 2. The highest BCUT2D eigenvalue weighted by Crippen LogP contribution is 2.26. The highest BCUT2D eigenvalue weighted by Gasteiger charge is 2.33. The van der Waals surface area contributed by atoms with Crippen LogP contribution in [-0.4, -0.2) is 38.8 Å². The van der Waals surface area contributed by atoms with Gasteiger partial charge in [0.1, 0.15) is 0 Å². The van der Waals surface area contributed by atoms with Gasteiger partial charge in [0, 0.05) is 23.4 Å². The summed E-state index contributed by atoms with van der Waals surface area (Å²) in [6, 6.07) is 4.26. The molecule has 2 N–H and O–H groups in total. The van der Waals surface area contributed by atoms with Gasteiger partial charge in [0.15, 0.2) is 5.96 Å². The lowest BCUT2D eigenvalue weighted by Crippen LogP contribution is -2.44. The van der Waals surface area contributed by atoms with Crippen LogP contribution in [-0.2, 0) is 11.2 Å². The molecule has 0 aliphatic carbocycles. The van der Waals surface area contributed by atoms with Crippen molar-refractivity contribution < 1.29 is 4.74 Å². The summed E-state index contributed by atoms with van der Waals surface area (Å²) in [5.41, 5.74) is 0.232. The Kier molecular flexibility index (Phi) is 7.83. The van der Waals surface area contributed by atoms with Crippen molar-refractivity contribution in [3.05, 3.63) is 22.4 Å². The molecule has 1 aromatic rings. The average Bonchev–Trinajstić information content (AvgIpc) is 2.87. The number of thiophene rings is 1. The molecule has 1 aromatic heterocycles. The summed E-state index contributed by atoms with van der Waals surface area (Å²) in [5.74, 6) is 0.909. The largest absolute Gasteiger partial charge is 0.380 e. The molecular formula is C14H24IN3OS. The SMILES string of the molecule is CCNC(=NCC1(C)COC1)NCCc1cccs1.I. The van der Waals surface area contributed by atoms with Gasteiger partial charge in [0.25, 0.3) is 0 Å². The lowest BCUT2D eigenvalue weighted by Gasteiger charge is -2.36. The van der Waals surface area contributed by atoms with Gasteiger partial charge in [0.2, 0.25) is 0 Å². The highest BCUT2D eigenvalue weighted by molar-refractivity contribution is 14.0. The summed E-state index contributed by atoms with van der Waals surface area (Å²) in [4.78, 5) is 6.05. The Morgan fingerprint density at radius 1 is 1.45 bits per heavy atom. The lowest BCUT2D eigenvalue weighted by atomic mass is 9.89. The van der Waals surface area contributed by atoms with E-state index in [1.807, 2.05) is 0 Å². The lowest BCUT2D eigenvalue weighted by molar-refractivity contribution is -0.0945. The van der Waals surface area contributed by atoms with E-state index in [1.54, 1.807) is 11.3 Å². The maximum Gasteiger partial charge on any atom is 0.191 e. The van der Waals surface area contributed by atoms with Crippen LogP contribution in [0.3, 0.4) is 0 Å². The van der Waals surface area contributed by atoms with Crippen LogP contribution >= 0.6 is 35.3 Å². The molecular weight excluding hydrogens is 385 g/mol. The molecule has 1 saturated heterocycles. The molecule has 0 radical (unpaired) electrons. The first-order valence-electron chi connectivity index (χ1n) is 6.84. The van der Waals surface area contributed by atoms with E-state index in [0.717, 1.165) is 45.2 Å². The van der Waals surface area contributed by atoms with Crippen LogP contribution in [0, 0.1) is 5.41 Å². The van der Waals surface area contributed by atoms with Crippen LogP contribution in [0.1, 0.15) is 18.7 Å². The van der Waals surface area contributed by atoms with E-state index in [-0.39, 0.29) is 29.4 Å². The number of hydrogen-bond acceptors (Lipinski definition) is 3. The maximum absolute atomic E-state index is 5.25. The Labute approximate surface area is 142 Å². The second-order valence-electron chi connectivity index (χ2n) is 5.25. The zero-order chi connectivity index (χ0) is 13.6. The van der Waals surface area contributed by atoms with Gasteiger partial charge in [-0.25, -0.2) is 0 Å². The third kappa shape index (κ3) is 5.57. The molecule has 0 atom stereocenters. The quantitative estimate of drug-likeness (QED) is 0.431. The Morgan fingerprint density at radius 2 is 2.25 bits per heavy atom. The second-order valence-corrected chi connectivity index (χ2v) is 6.29. The van der Waals surface area contributed by atoms with Gasteiger partial charge in [-0.3, -0.25) is 4.99 Å². The summed E-state index contributed by atoms with van der Waals surface area (Å²) in [6.45, 7) is 8.58. The van der Waals surface area contributed by atoms with Crippen LogP contribution in [0.4, 0.5) is 0 Å². The summed E-state index contributed by atoms with van der Waals surface area (Å²) in [6.07, 6.45) is 1.04. The number of hydrogen-bond donors (Lipinski definition) is 2. The molecule has 1 aliphatic heterocycles. The summed E-state index contributed by atoms with van der Waals surface area (Å²) in [5, 5.41) is 8.79. The zero-order valence-electron chi connectivity index (χ0n) is 12.1. The summed E-state index contributed by atoms with van der Waals surface area (Å²) >= 11 is 1.80. The molecule has 0 saturated carbocycles. The first-order valence-corrected chi connectivity index (χ1v) is 7.72. The van der Waals surface area contributed by atoms with Crippen LogP contribution < -0.4 is 10.6 Å². The molecule has 1 fully saturated rings. The van der Waals surface area contributed by atoms with Crippen molar-refractivity contribution in [2.75, 3.05) is 32.8 Å². The molecule has 0 spiro atoms. The molecule has 6 heteroatoms. The Morgan fingerprint density at radius 3 is 2.80 bits per heavy atom. The van der Waals surface area contributed by atoms with Crippen LogP contribution in [0.2, 0.25) is 0 Å². The van der Waals surface area contributed by atoms with Gasteiger partial charge < -0.3 is 15.4 Å². The number of guanidine groups is 1. The first-order chi connectivity index (χ1) is 9.22. The van der Waals surface area contributed by atoms with E-state index in [9.17, 15) is 0 Å². The minimum absolute atomic E-state index is 0. The topological polar surface area (TPSA) is 45.7 Å². The summed E-state index contributed by atoms with van der Waals surface area (Å²) in [7, 11) is 0. The van der Waals surface area contributed by atoms with E-state index < -0.39 is 0 Å². The van der Waals surface area contributed by atoms with Crippen molar-refractivity contribution in [2.45, 2.75) is 20.3 Å². The highest BCUT2D eigenvalue weighted by atomic mass is 127. The number of nitrogens with zero attached hydrogens (tertiary/aromatic N) is 1. The van der Waals surface area contributed by atoms with Gasteiger partial charge >= 0.3 is 0 Å². The number of ether oxygens (including phenoxy) is 1. The monoisotopic (exact) mass is 409 g/mol. The Hall–Kier alpha value is -0.340. The molecule has 114 valence electrons. The van der Waals surface area contributed by atoms with Crippen LogP contribution in [0.25, 0.3) is 0 Å². The van der Waals surface area contributed by atoms with Crippen molar-refractivity contribution in [1.82, 2.24) is 10.6 Å². The molecule has 2 heterocycles. The second kappa shape index (κ2) is 8.84. The zero-order valence-corrected chi connectivity index (χ0v) is 15.3. The molecule has 20 heavy (non-hydrogen) atoms. The smallest absolute Gasteiger partial charge is 0.191 e. The van der Waals surface area contributed by atoms with Gasteiger partial charge in [-0.05, 0) is 24.8 Å². The van der Waals surface area contributed by atoms with Crippen LogP contribution in [0.5, 0.6) is 0 Å². The fraction of sp³-hybridized carbons (Fsp3) is 0.643. The summed E-state index contributed by atoms with van der Waals surface area (Å²) < 4.78 is 5.25. The number of rotatable bonds is 6. The van der Waals surface area contributed by atoms with Gasteiger partial charge in [0.05, 0.1) is 19.8 Å². The van der Waals surface area contributed by atoms with Crippen molar-refractivity contribution >= 4 is 41.3 Å². The van der Waals surface area contributed by atoms with Crippen LogP contribution in [0.15, 0.2) is 22.5 Å². The average molecular weight is 409 g/mol. The van der Waals surface area contributed by atoms with Crippen molar-refractivity contribution in [1.29, 1.82) is 0 Å². The molecule has 1 aliphatic rings. The Balaban J connectivity index is 0.00000200. The van der Waals surface area contributed by atoms with E-state index in [2.05, 4.69) is 47.0 Å². The van der Waals surface area contributed by atoms with E-state index in [4.69, 9.17) is 4.74 Å². The normalized spacial score (nSPS) is 17.0. The van der Waals surface area contributed by atoms with Gasteiger partial charge in [-0.15, -0.1) is 35.3 Å². The van der Waals surface area contributed by atoms with E-state index >= 15 is 0 Å². The maximum atomic E-state index is 5.25. The first kappa shape index (κ1) is 17.7. The van der Waals surface area contributed by atoms with Gasteiger partial charge in [-0.1, -0.05) is 13.0 Å². The van der Waals surface area contributed by atoms with Crippen molar-refractivity contribution in [3.63, 3.8) is 0 Å². The predicted molar refractivity (Wildman–Crippen MR) is 96.3 cm³/mol. The van der Waals surface area contributed by atoms with Crippen molar-refractivity contribution in [2.24, 2.45) is 10.4 Å². The Bertz CT molecular complexity index is 405. The fourth-order valence-electron chi connectivity index (χ4n) is 1.91. The molecule has 2 rings (SSSR count). The van der Waals surface area contributed by atoms with Gasteiger partial charge in [-0.2, -0.15) is 0 Å². The molecule has 4 nitrogen and oxygen atoms in total. The molecule has 0 amide bonds. The molecule has 0 bridgehead atoms. The number of aliphatic imine (C=N–C) groups is 1. The minimum Gasteiger partial charge on any atom is -0.380 e. The van der Waals surface area contributed by atoms with E-state index in [0.29, 0.717) is 0 Å². The standard InChI is InChI=1S/C14H23N3OS.HI/c1-3-15-13(17-9-14(2)10-18-11-14)16-7-6-12-5-4-8-19-12;/h4-5,8H,3,6-7,9-11H2,1-2H3,(H2,15,16,17);1H. The third-order valence-corrected chi connectivity index (χ3v) is 4.04. The van der Waals surface area contributed by atoms with E-state index in [1.165, 1.54) is 4.88 Å². The number of halogens is 1.